The number of aliphatic imine (C=N–C) groups is 1. The van der Waals surface area contributed by atoms with E-state index in [2.05, 4.69) is 4.99 Å². The van der Waals surface area contributed by atoms with Crippen molar-refractivity contribution in [2.45, 2.75) is 6.92 Å². The smallest absolute Gasteiger partial charge is 0.269 e. The van der Waals surface area contributed by atoms with E-state index in [-0.39, 0.29) is 5.69 Å². The minimum atomic E-state index is -0.424. The summed E-state index contributed by atoms with van der Waals surface area (Å²) < 4.78 is 4.96. The van der Waals surface area contributed by atoms with Crippen molar-refractivity contribution in [3.05, 3.63) is 33.9 Å². The van der Waals surface area contributed by atoms with Crippen molar-refractivity contribution < 1.29 is 14.5 Å². The Morgan fingerprint density at radius 1 is 1.50 bits per heavy atom. The lowest BCUT2D eigenvalue weighted by Gasteiger charge is -2.02. The quantitative estimate of drug-likeness (QED) is 0.332. The van der Waals surface area contributed by atoms with Crippen molar-refractivity contribution in [3.63, 3.8) is 0 Å². The molecule has 0 aliphatic heterocycles. The first kappa shape index (κ1) is 13.8. The van der Waals surface area contributed by atoms with Gasteiger partial charge in [-0.3, -0.25) is 10.1 Å². The highest BCUT2D eigenvalue weighted by atomic mass is 16.6. The van der Waals surface area contributed by atoms with E-state index in [1.807, 2.05) is 0 Å². The first-order valence-corrected chi connectivity index (χ1v) is 4.31. The van der Waals surface area contributed by atoms with E-state index in [0.717, 1.165) is 5.56 Å². The summed E-state index contributed by atoms with van der Waals surface area (Å²) in [5.74, 6) is 0.667. The summed E-state index contributed by atoms with van der Waals surface area (Å²) in [6.45, 7) is 1.77. The number of ether oxygens (including phenoxy) is 1. The van der Waals surface area contributed by atoms with Crippen LogP contribution < -0.4 is 4.74 Å². The molecule has 0 spiro atoms. The molecule has 0 radical (unpaired) electrons. The molecule has 86 valence electrons. The summed E-state index contributed by atoms with van der Waals surface area (Å²) in [6.07, 6.45) is 1.31. The van der Waals surface area contributed by atoms with Gasteiger partial charge in [0.05, 0.1) is 12.0 Å². The molecule has 0 aliphatic carbocycles. The fraction of sp³-hybridized carbons (Fsp3) is 0.300. The van der Waals surface area contributed by atoms with Crippen LogP contribution in [0.5, 0.6) is 5.75 Å². The Kier molecular flexibility index (Phi) is 6.16. The topological polar surface area (TPSA) is 81.8 Å². The molecule has 0 saturated heterocycles. The maximum Gasteiger partial charge on any atom is 0.269 e. The summed E-state index contributed by atoms with van der Waals surface area (Å²) in [7, 11) is 2.92. The third kappa shape index (κ3) is 4.34. The normalized spacial score (nSPS) is 8.19. The number of aryl methyl sites for hydroxylation is 1. The Balaban J connectivity index is 0.000000487. The van der Waals surface area contributed by atoms with Gasteiger partial charge >= 0.3 is 0 Å². The van der Waals surface area contributed by atoms with Gasteiger partial charge in [0.2, 0.25) is 6.08 Å². The molecule has 0 N–H and O–H groups in total. The van der Waals surface area contributed by atoms with Gasteiger partial charge in [0, 0.05) is 19.2 Å². The van der Waals surface area contributed by atoms with Gasteiger partial charge in [0.15, 0.2) is 0 Å². The lowest BCUT2D eigenvalue weighted by Crippen LogP contribution is -1.91. The molecule has 6 nitrogen and oxygen atoms in total. The number of nitrogens with zero attached hydrogens (tertiary/aromatic N) is 2. The van der Waals surface area contributed by atoms with Gasteiger partial charge in [-0.15, -0.1) is 0 Å². The Bertz CT molecular complexity index is 411. The van der Waals surface area contributed by atoms with E-state index in [1.165, 1.54) is 32.4 Å². The van der Waals surface area contributed by atoms with Crippen molar-refractivity contribution >= 4 is 11.8 Å². The zero-order valence-corrected chi connectivity index (χ0v) is 9.26. The predicted molar refractivity (Wildman–Crippen MR) is 58.4 cm³/mol. The Labute approximate surface area is 92.7 Å². The van der Waals surface area contributed by atoms with Crippen LogP contribution in [0.25, 0.3) is 0 Å². The standard InChI is InChI=1S/C8H9NO3.C2H3NO/c1-6-5-7(9(10)11)3-4-8(6)12-2;1-3-2-4/h3-5H,1-2H3;1H3. The molecule has 0 saturated carbocycles. The van der Waals surface area contributed by atoms with Crippen LogP contribution in [0.2, 0.25) is 0 Å². The Morgan fingerprint density at radius 3 is 2.38 bits per heavy atom. The molecule has 0 bridgehead atoms. The van der Waals surface area contributed by atoms with Gasteiger partial charge in [-0.25, -0.2) is 9.79 Å². The molecule has 0 unspecified atom stereocenters. The van der Waals surface area contributed by atoms with Crippen molar-refractivity contribution in [2.24, 2.45) is 4.99 Å². The lowest BCUT2D eigenvalue weighted by molar-refractivity contribution is -0.384. The number of nitro groups is 1. The first-order chi connectivity index (χ1) is 7.56. The third-order valence-corrected chi connectivity index (χ3v) is 1.68. The fourth-order valence-corrected chi connectivity index (χ4v) is 0.976. The van der Waals surface area contributed by atoms with E-state index in [4.69, 9.17) is 9.53 Å². The lowest BCUT2D eigenvalue weighted by atomic mass is 10.2. The summed E-state index contributed by atoms with van der Waals surface area (Å²) in [5, 5.41) is 10.3. The van der Waals surface area contributed by atoms with Gasteiger partial charge in [0.1, 0.15) is 5.75 Å². The summed E-state index contributed by atoms with van der Waals surface area (Å²) in [4.78, 5) is 21.7. The summed E-state index contributed by atoms with van der Waals surface area (Å²) >= 11 is 0. The minimum absolute atomic E-state index is 0.0910. The van der Waals surface area contributed by atoms with Gasteiger partial charge < -0.3 is 4.74 Å². The third-order valence-electron chi connectivity index (χ3n) is 1.68. The van der Waals surface area contributed by atoms with Crippen LogP contribution in [0.15, 0.2) is 23.2 Å². The predicted octanol–water partition coefficient (Wildman–Crippen LogP) is 1.86. The van der Waals surface area contributed by atoms with Crippen LogP contribution in [0.1, 0.15) is 5.56 Å². The number of non-ortho nitro benzene ring substituents is 1. The molecule has 0 atom stereocenters. The van der Waals surface area contributed by atoms with E-state index in [0.29, 0.717) is 5.75 Å². The number of nitro benzene ring substituents is 1. The molecule has 1 rings (SSSR count). The number of isocyanates is 1. The highest BCUT2D eigenvalue weighted by Gasteiger charge is 2.07. The van der Waals surface area contributed by atoms with Crippen molar-refractivity contribution in [1.29, 1.82) is 0 Å². The van der Waals surface area contributed by atoms with Crippen LogP contribution in [-0.2, 0) is 4.79 Å². The van der Waals surface area contributed by atoms with Gasteiger partial charge in [-0.1, -0.05) is 0 Å². The molecular formula is C10H12N2O4. The van der Waals surface area contributed by atoms with Gasteiger partial charge in [-0.05, 0) is 18.6 Å². The van der Waals surface area contributed by atoms with Crippen LogP contribution in [0, 0.1) is 17.0 Å². The molecule has 6 heteroatoms. The minimum Gasteiger partial charge on any atom is -0.496 e. The van der Waals surface area contributed by atoms with Crippen LogP contribution in [0.4, 0.5) is 5.69 Å². The highest BCUT2D eigenvalue weighted by molar-refractivity contribution is 5.42. The zero-order chi connectivity index (χ0) is 12.6. The van der Waals surface area contributed by atoms with E-state index >= 15 is 0 Å². The molecule has 0 aliphatic rings. The van der Waals surface area contributed by atoms with E-state index in [1.54, 1.807) is 13.0 Å². The van der Waals surface area contributed by atoms with Gasteiger partial charge in [0.25, 0.3) is 5.69 Å². The summed E-state index contributed by atoms with van der Waals surface area (Å²) in [5.41, 5.74) is 0.861. The Morgan fingerprint density at radius 2 is 2.06 bits per heavy atom. The number of carbonyl (C=O) groups excluding carboxylic acids is 1. The number of benzene rings is 1. The maximum absolute atomic E-state index is 10.3. The second-order valence-electron chi connectivity index (χ2n) is 2.73. The number of rotatable bonds is 2. The average Bonchev–Trinajstić information content (AvgIpc) is 2.29. The number of methoxy groups -OCH3 is 1. The monoisotopic (exact) mass is 224 g/mol. The molecule has 0 fully saturated rings. The molecule has 0 amide bonds. The molecule has 1 aromatic carbocycles. The second-order valence-corrected chi connectivity index (χ2v) is 2.73. The average molecular weight is 224 g/mol. The van der Waals surface area contributed by atoms with E-state index in [9.17, 15) is 10.1 Å². The maximum atomic E-state index is 10.3. The molecule has 1 aromatic rings. The van der Waals surface area contributed by atoms with Crippen LogP contribution in [-0.4, -0.2) is 25.2 Å². The molecule has 16 heavy (non-hydrogen) atoms. The second kappa shape index (κ2) is 7.14. The Hall–Kier alpha value is -2.20. The highest BCUT2D eigenvalue weighted by Crippen LogP contribution is 2.22. The number of hydrogen-bond acceptors (Lipinski definition) is 5. The van der Waals surface area contributed by atoms with Crippen LogP contribution in [0.3, 0.4) is 0 Å². The van der Waals surface area contributed by atoms with Crippen molar-refractivity contribution in [1.82, 2.24) is 0 Å². The van der Waals surface area contributed by atoms with E-state index < -0.39 is 4.92 Å². The molecule has 0 heterocycles. The summed E-state index contributed by atoms with van der Waals surface area (Å²) in [6, 6.07) is 4.50. The number of hydrogen-bond donors (Lipinski definition) is 0. The zero-order valence-electron chi connectivity index (χ0n) is 9.26. The van der Waals surface area contributed by atoms with Crippen molar-refractivity contribution in [2.75, 3.05) is 14.2 Å². The largest absolute Gasteiger partial charge is 0.496 e. The first-order valence-electron chi connectivity index (χ1n) is 4.31. The SMILES string of the molecule is CN=C=O.COc1ccc([N+](=O)[O-])cc1C. The fourth-order valence-electron chi connectivity index (χ4n) is 0.976. The van der Waals surface area contributed by atoms with Gasteiger partial charge in [-0.2, -0.15) is 0 Å². The van der Waals surface area contributed by atoms with Crippen molar-refractivity contribution in [3.8, 4) is 5.75 Å². The molecular weight excluding hydrogens is 212 g/mol. The van der Waals surface area contributed by atoms with Crippen LogP contribution >= 0.6 is 0 Å². The molecule has 0 aromatic heterocycles.